The van der Waals surface area contributed by atoms with Crippen molar-refractivity contribution >= 4 is 28.9 Å². The summed E-state index contributed by atoms with van der Waals surface area (Å²) >= 11 is 5.54. The van der Waals surface area contributed by atoms with E-state index >= 15 is 0 Å². The second-order valence-corrected chi connectivity index (χ2v) is 3.25. The van der Waals surface area contributed by atoms with Crippen LogP contribution in [0.4, 0.5) is 0 Å². The lowest BCUT2D eigenvalue weighted by atomic mass is 10.5. The van der Waals surface area contributed by atoms with E-state index in [0.29, 0.717) is 10.7 Å². The monoisotopic (exact) mass is 181 g/mol. The van der Waals surface area contributed by atoms with Crippen LogP contribution in [0.2, 0.25) is 0 Å². The first-order chi connectivity index (χ1) is 5.33. The number of imidazole rings is 1. The molecular formula is C6H3N3S2. The predicted octanol–water partition coefficient (Wildman–Crippen LogP) is 1.56. The van der Waals surface area contributed by atoms with Crippen LogP contribution in [0.25, 0.3) is 4.96 Å². The Morgan fingerprint density at radius 3 is 3.27 bits per heavy atom. The molecule has 0 aliphatic carbocycles. The topological polar surface area (TPSA) is 41.1 Å². The summed E-state index contributed by atoms with van der Waals surface area (Å²) in [6.45, 7) is 0. The maximum Gasteiger partial charge on any atom is 0.195 e. The van der Waals surface area contributed by atoms with Crippen LogP contribution in [0, 0.1) is 11.3 Å². The van der Waals surface area contributed by atoms with Gasteiger partial charge in [0.15, 0.2) is 10.7 Å². The van der Waals surface area contributed by atoms with Crippen LogP contribution < -0.4 is 0 Å². The summed E-state index contributed by atoms with van der Waals surface area (Å²) < 4.78 is 1.73. The minimum Gasteiger partial charge on any atom is -0.281 e. The molecule has 0 bridgehead atoms. The first kappa shape index (κ1) is 6.70. The van der Waals surface area contributed by atoms with E-state index in [1.54, 1.807) is 4.40 Å². The van der Waals surface area contributed by atoms with Gasteiger partial charge in [-0.05, 0) is 0 Å². The Kier molecular flexibility index (Phi) is 1.37. The molecule has 0 atom stereocenters. The van der Waals surface area contributed by atoms with Crippen molar-refractivity contribution in [1.82, 2.24) is 9.38 Å². The van der Waals surface area contributed by atoms with Crippen molar-refractivity contribution in [3.05, 3.63) is 17.3 Å². The third kappa shape index (κ3) is 0.836. The minimum atomic E-state index is 0.499. The highest BCUT2D eigenvalue weighted by molar-refractivity contribution is 7.80. The molecule has 2 aromatic heterocycles. The van der Waals surface area contributed by atoms with Crippen LogP contribution in [0.1, 0.15) is 5.69 Å². The molecule has 0 aliphatic rings. The summed E-state index contributed by atoms with van der Waals surface area (Å²) in [6, 6.07) is 2.04. The van der Waals surface area contributed by atoms with E-state index in [1.165, 1.54) is 11.3 Å². The van der Waals surface area contributed by atoms with Crippen molar-refractivity contribution in [2.24, 2.45) is 0 Å². The Morgan fingerprint density at radius 2 is 2.55 bits per heavy atom. The van der Waals surface area contributed by atoms with Crippen LogP contribution in [0.15, 0.2) is 16.6 Å². The Bertz CT molecular complexity index is 434. The molecule has 5 heteroatoms. The van der Waals surface area contributed by atoms with Crippen LogP contribution in [-0.2, 0) is 0 Å². The number of aromatic nitrogens is 2. The lowest BCUT2D eigenvalue weighted by Crippen LogP contribution is -1.80. The summed E-state index contributed by atoms with van der Waals surface area (Å²) in [5, 5.41) is 11.1. The average Bonchev–Trinajstić information content (AvgIpc) is 2.46. The van der Waals surface area contributed by atoms with Gasteiger partial charge in [-0.2, -0.15) is 5.26 Å². The Hall–Kier alpha value is -0.990. The van der Waals surface area contributed by atoms with Crippen molar-refractivity contribution in [3.8, 4) is 6.07 Å². The summed E-state index contributed by atoms with van der Waals surface area (Å²) in [7, 11) is 0. The molecule has 2 heterocycles. The molecule has 0 radical (unpaired) electrons. The van der Waals surface area contributed by atoms with E-state index in [-0.39, 0.29) is 0 Å². The number of thiazole rings is 1. The second kappa shape index (κ2) is 2.26. The Balaban J connectivity index is 2.94. The zero-order valence-electron chi connectivity index (χ0n) is 5.35. The smallest absolute Gasteiger partial charge is 0.195 e. The molecule has 54 valence electrons. The lowest BCUT2D eigenvalue weighted by Gasteiger charge is -1.82. The van der Waals surface area contributed by atoms with Crippen molar-refractivity contribution < 1.29 is 0 Å². The molecule has 0 amide bonds. The predicted molar refractivity (Wildman–Crippen MR) is 45.0 cm³/mol. The third-order valence-electron chi connectivity index (χ3n) is 1.35. The molecular weight excluding hydrogens is 178 g/mol. The third-order valence-corrected chi connectivity index (χ3v) is 2.42. The van der Waals surface area contributed by atoms with Gasteiger partial charge in [0.2, 0.25) is 0 Å². The van der Waals surface area contributed by atoms with Gasteiger partial charge in [-0.25, -0.2) is 4.98 Å². The quantitative estimate of drug-likeness (QED) is 0.626. The van der Waals surface area contributed by atoms with Gasteiger partial charge in [0.1, 0.15) is 11.1 Å². The maximum absolute atomic E-state index is 8.67. The Labute approximate surface area is 72.3 Å². The number of hydrogen-bond donors (Lipinski definition) is 1. The summed E-state index contributed by atoms with van der Waals surface area (Å²) in [5.74, 6) is 0. The normalized spacial score (nSPS) is 10.2. The summed E-state index contributed by atoms with van der Waals surface area (Å²) in [4.78, 5) is 4.88. The highest BCUT2D eigenvalue weighted by Crippen LogP contribution is 2.18. The number of nitriles is 1. The summed E-state index contributed by atoms with van der Waals surface area (Å²) in [6.07, 6.45) is 1.81. The van der Waals surface area contributed by atoms with E-state index in [4.69, 9.17) is 5.26 Å². The van der Waals surface area contributed by atoms with Gasteiger partial charge in [0.25, 0.3) is 0 Å². The van der Waals surface area contributed by atoms with Crippen LogP contribution >= 0.6 is 24.0 Å². The zero-order chi connectivity index (χ0) is 7.84. The molecule has 0 unspecified atom stereocenters. The SMILES string of the molecule is N#Cc1c(S)nc2sccn12. The first-order valence-electron chi connectivity index (χ1n) is 2.87. The van der Waals surface area contributed by atoms with Crippen LogP contribution in [0.3, 0.4) is 0 Å². The molecule has 2 rings (SSSR count). The van der Waals surface area contributed by atoms with Crippen LogP contribution in [-0.4, -0.2) is 9.38 Å². The van der Waals surface area contributed by atoms with Crippen LogP contribution in [0.5, 0.6) is 0 Å². The first-order valence-corrected chi connectivity index (χ1v) is 4.20. The highest BCUT2D eigenvalue weighted by Gasteiger charge is 2.07. The fraction of sp³-hybridized carbons (Fsp3) is 0. The summed E-state index contributed by atoms with van der Waals surface area (Å²) in [5.41, 5.74) is 0.504. The Morgan fingerprint density at radius 1 is 1.73 bits per heavy atom. The number of nitrogens with zero attached hydrogens (tertiary/aromatic N) is 3. The van der Waals surface area contributed by atoms with Gasteiger partial charge in [-0.15, -0.1) is 24.0 Å². The molecule has 0 aliphatic heterocycles. The van der Waals surface area contributed by atoms with E-state index in [9.17, 15) is 0 Å². The lowest BCUT2D eigenvalue weighted by molar-refractivity contribution is 1.15. The minimum absolute atomic E-state index is 0.499. The molecule has 0 N–H and O–H groups in total. The fourth-order valence-electron chi connectivity index (χ4n) is 0.878. The molecule has 2 aromatic rings. The van der Waals surface area contributed by atoms with Gasteiger partial charge < -0.3 is 0 Å². The average molecular weight is 181 g/mol. The number of thiol groups is 1. The molecule has 0 aromatic carbocycles. The van der Waals surface area contributed by atoms with Gasteiger partial charge in [0, 0.05) is 11.6 Å². The van der Waals surface area contributed by atoms with E-state index in [0.717, 1.165) is 4.96 Å². The van der Waals surface area contributed by atoms with E-state index < -0.39 is 0 Å². The van der Waals surface area contributed by atoms with Gasteiger partial charge in [-0.3, -0.25) is 4.40 Å². The number of hydrogen-bond acceptors (Lipinski definition) is 4. The van der Waals surface area contributed by atoms with Crippen molar-refractivity contribution in [2.75, 3.05) is 0 Å². The zero-order valence-corrected chi connectivity index (χ0v) is 7.06. The molecule has 0 saturated heterocycles. The molecule has 0 spiro atoms. The van der Waals surface area contributed by atoms with Crippen molar-refractivity contribution in [3.63, 3.8) is 0 Å². The standard InChI is InChI=1S/C6H3N3S2/c7-3-4-5(10)8-6-9(4)1-2-11-6/h1-2,10H. The van der Waals surface area contributed by atoms with E-state index in [1.807, 2.05) is 17.6 Å². The number of rotatable bonds is 0. The molecule has 11 heavy (non-hydrogen) atoms. The van der Waals surface area contributed by atoms with Crippen molar-refractivity contribution in [1.29, 1.82) is 5.26 Å². The molecule has 3 nitrogen and oxygen atoms in total. The van der Waals surface area contributed by atoms with Gasteiger partial charge >= 0.3 is 0 Å². The number of fused-ring (bicyclic) bond motifs is 1. The van der Waals surface area contributed by atoms with E-state index in [2.05, 4.69) is 17.6 Å². The second-order valence-electron chi connectivity index (χ2n) is 1.95. The van der Waals surface area contributed by atoms with Crippen molar-refractivity contribution in [2.45, 2.75) is 5.03 Å². The van der Waals surface area contributed by atoms with Gasteiger partial charge in [-0.1, -0.05) is 0 Å². The molecule has 0 saturated carbocycles. The fourth-order valence-corrected chi connectivity index (χ4v) is 1.91. The molecule has 0 fully saturated rings. The highest BCUT2D eigenvalue weighted by atomic mass is 32.1. The largest absolute Gasteiger partial charge is 0.281 e. The maximum atomic E-state index is 8.67. The van der Waals surface area contributed by atoms with Gasteiger partial charge in [0.05, 0.1) is 0 Å².